The highest BCUT2D eigenvalue weighted by Crippen LogP contribution is 2.29. The Morgan fingerprint density at radius 3 is 2.62 bits per heavy atom. The zero-order valence-corrected chi connectivity index (χ0v) is 17.0. The van der Waals surface area contributed by atoms with Crippen LogP contribution in [0.3, 0.4) is 0 Å². The summed E-state index contributed by atoms with van der Waals surface area (Å²) in [7, 11) is 0. The molecule has 0 atom stereocenters. The lowest BCUT2D eigenvalue weighted by Gasteiger charge is -2.10. The van der Waals surface area contributed by atoms with E-state index in [9.17, 15) is 19.5 Å². The van der Waals surface area contributed by atoms with Crippen LogP contribution in [0.25, 0.3) is 28.3 Å². The van der Waals surface area contributed by atoms with Crippen molar-refractivity contribution in [1.82, 2.24) is 4.57 Å². The van der Waals surface area contributed by atoms with E-state index in [1.807, 2.05) is 48.5 Å². The van der Waals surface area contributed by atoms with E-state index < -0.39 is 11.8 Å². The predicted octanol–water partition coefficient (Wildman–Crippen LogP) is 4.81. The Balaban J connectivity index is 1.60. The molecule has 7 nitrogen and oxygen atoms in total. The first-order valence-electron chi connectivity index (χ1n) is 9.97. The quantitative estimate of drug-likeness (QED) is 0.412. The monoisotopic (exact) mass is 428 g/mol. The fraction of sp³-hybridized carbons (Fsp3) is 0.0800. The molecule has 3 aromatic carbocycles. The van der Waals surface area contributed by atoms with Gasteiger partial charge in [0, 0.05) is 18.5 Å². The van der Waals surface area contributed by atoms with Gasteiger partial charge in [-0.1, -0.05) is 60.7 Å². The highest BCUT2D eigenvalue weighted by molar-refractivity contribution is 5.91. The topological polar surface area (TPSA) is 102 Å². The van der Waals surface area contributed by atoms with E-state index in [0.717, 1.165) is 28.5 Å². The molecule has 1 amide bonds. The first-order valence-corrected chi connectivity index (χ1v) is 9.97. The van der Waals surface area contributed by atoms with E-state index in [1.165, 1.54) is 4.57 Å². The number of anilines is 1. The highest BCUT2D eigenvalue weighted by Gasteiger charge is 2.10. The van der Waals surface area contributed by atoms with Crippen molar-refractivity contribution in [2.24, 2.45) is 0 Å². The van der Waals surface area contributed by atoms with Crippen LogP contribution in [0.2, 0.25) is 0 Å². The van der Waals surface area contributed by atoms with Crippen LogP contribution in [0.15, 0.2) is 82.0 Å². The number of aldehydes is 1. The number of aromatic nitrogens is 1. The molecule has 160 valence electrons. The Labute approximate surface area is 183 Å². The minimum atomic E-state index is -1.14. The first-order chi connectivity index (χ1) is 15.5. The number of carbonyl (C=O) groups excluding carboxylic acids is 1. The number of oxazole rings is 1. The number of hydrogen-bond acceptors (Lipinski definition) is 4. The van der Waals surface area contributed by atoms with Gasteiger partial charge in [-0.3, -0.25) is 9.88 Å². The molecule has 0 saturated heterocycles. The molecule has 4 aromatic rings. The summed E-state index contributed by atoms with van der Waals surface area (Å²) >= 11 is 0. The van der Waals surface area contributed by atoms with Gasteiger partial charge in [0.05, 0.1) is 11.2 Å². The number of carboxylic acid groups (broad SMARTS) is 1. The average Bonchev–Trinajstić information content (AvgIpc) is 3.09. The van der Waals surface area contributed by atoms with E-state index in [1.54, 1.807) is 30.3 Å². The second-order valence-electron chi connectivity index (χ2n) is 7.16. The second kappa shape index (κ2) is 9.18. The summed E-state index contributed by atoms with van der Waals surface area (Å²) < 4.78 is 6.79. The zero-order chi connectivity index (χ0) is 22.5. The van der Waals surface area contributed by atoms with E-state index >= 15 is 0 Å². The number of amides is 1. The summed E-state index contributed by atoms with van der Waals surface area (Å²) in [5, 5.41) is 11.7. The van der Waals surface area contributed by atoms with Gasteiger partial charge in [0.25, 0.3) is 0 Å². The zero-order valence-electron chi connectivity index (χ0n) is 17.0. The molecule has 0 fully saturated rings. The molecule has 0 aliphatic heterocycles. The van der Waals surface area contributed by atoms with Gasteiger partial charge in [0.1, 0.15) is 6.29 Å². The molecule has 1 aromatic heterocycles. The van der Waals surface area contributed by atoms with Gasteiger partial charge in [-0.2, -0.15) is 0 Å². The van der Waals surface area contributed by atoms with E-state index in [0.29, 0.717) is 16.8 Å². The minimum absolute atomic E-state index is 0.260. The minimum Gasteiger partial charge on any atom is -0.465 e. The van der Waals surface area contributed by atoms with Crippen molar-refractivity contribution < 1.29 is 19.1 Å². The molecule has 0 saturated carbocycles. The first kappa shape index (κ1) is 20.9. The molecule has 0 aliphatic carbocycles. The van der Waals surface area contributed by atoms with Crippen molar-refractivity contribution in [3.05, 3.63) is 94.5 Å². The molecule has 1 heterocycles. The summed E-state index contributed by atoms with van der Waals surface area (Å²) in [6, 6.07) is 20.2. The summed E-state index contributed by atoms with van der Waals surface area (Å²) in [6.45, 7) is 0.279. The number of allylic oxidation sites excluding steroid dienone is 1. The number of nitrogens with one attached hydrogen (secondary N) is 1. The number of carbonyl (C=O) groups is 2. The van der Waals surface area contributed by atoms with Crippen LogP contribution in [-0.4, -0.2) is 22.1 Å². The Morgan fingerprint density at radius 1 is 1.06 bits per heavy atom. The third-order valence-electron chi connectivity index (χ3n) is 5.02. The summed E-state index contributed by atoms with van der Waals surface area (Å²) in [5.74, 6) is -0.486. The largest absolute Gasteiger partial charge is 0.465 e. The third kappa shape index (κ3) is 4.52. The lowest BCUT2D eigenvalue weighted by Crippen LogP contribution is -2.12. The molecule has 0 spiro atoms. The smallest absolute Gasteiger partial charge is 0.420 e. The van der Waals surface area contributed by atoms with Crippen LogP contribution >= 0.6 is 0 Å². The molecule has 2 N–H and O–H groups in total. The summed E-state index contributed by atoms with van der Waals surface area (Å²) in [5.41, 5.74) is 4.78. The lowest BCUT2D eigenvalue weighted by atomic mass is 10.0. The van der Waals surface area contributed by atoms with E-state index in [4.69, 9.17) is 4.42 Å². The number of hydrogen-bond donors (Lipinski definition) is 2. The molecule has 4 rings (SSSR count). The molecular formula is C25H20N2O5. The number of rotatable bonds is 7. The van der Waals surface area contributed by atoms with Gasteiger partial charge < -0.3 is 14.3 Å². The fourth-order valence-corrected chi connectivity index (χ4v) is 3.55. The van der Waals surface area contributed by atoms with E-state index in [-0.39, 0.29) is 13.0 Å². The maximum Gasteiger partial charge on any atom is 0.420 e. The van der Waals surface area contributed by atoms with Crippen LogP contribution in [-0.2, 0) is 17.8 Å². The van der Waals surface area contributed by atoms with Crippen molar-refractivity contribution in [2.75, 3.05) is 5.32 Å². The van der Waals surface area contributed by atoms with Gasteiger partial charge in [-0.15, -0.1) is 0 Å². The van der Waals surface area contributed by atoms with Crippen molar-refractivity contribution in [2.45, 2.75) is 13.0 Å². The molecular weight excluding hydrogens is 408 g/mol. The normalized spacial score (nSPS) is 11.1. The molecule has 0 bridgehead atoms. The van der Waals surface area contributed by atoms with Gasteiger partial charge in [0.2, 0.25) is 0 Å². The fourth-order valence-electron chi connectivity index (χ4n) is 3.55. The summed E-state index contributed by atoms with van der Waals surface area (Å²) in [6.07, 6.45) is 3.53. The number of benzene rings is 3. The summed E-state index contributed by atoms with van der Waals surface area (Å²) in [4.78, 5) is 34.2. The van der Waals surface area contributed by atoms with Crippen LogP contribution in [0.4, 0.5) is 10.5 Å². The number of fused-ring (bicyclic) bond motifs is 1. The van der Waals surface area contributed by atoms with Crippen LogP contribution < -0.4 is 11.1 Å². The van der Waals surface area contributed by atoms with E-state index in [2.05, 4.69) is 5.32 Å². The number of nitrogens with zero attached hydrogens (tertiary/aromatic N) is 1. The Bertz CT molecular complexity index is 1370. The second-order valence-corrected chi connectivity index (χ2v) is 7.16. The Kier molecular flexibility index (Phi) is 5.98. The van der Waals surface area contributed by atoms with Crippen molar-refractivity contribution >= 4 is 35.2 Å². The van der Waals surface area contributed by atoms with Gasteiger partial charge in [-0.05, 0) is 34.9 Å². The predicted molar refractivity (Wildman–Crippen MR) is 123 cm³/mol. The van der Waals surface area contributed by atoms with Gasteiger partial charge in [-0.25, -0.2) is 9.59 Å². The van der Waals surface area contributed by atoms with Crippen LogP contribution in [0.1, 0.15) is 11.1 Å². The standard InChI is InChI=1S/C25H20N2O5/c28-14-12-18-9-11-22-23(16-18)32-25(31)27(22)13-4-5-17-8-10-20(19-6-2-1-3-7-19)21(15-17)26-24(29)30/h1-11,14-16,26H,12-13H2,(H,29,30). The molecule has 0 aliphatic rings. The van der Waals surface area contributed by atoms with Gasteiger partial charge >= 0.3 is 11.8 Å². The highest BCUT2D eigenvalue weighted by atomic mass is 16.4. The van der Waals surface area contributed by atoms with Crippen molar-refractivity contribution in [3.63, 3.8) is 0 Å². The van der Waals surface area contributed by atoms with Crippen LogP contribution in [0.5, 0.6) is 0 Å². The van der Waals surface area contributed by atoms with Crippen LogP contribution in [0, 0.1) is 0 Å². The molecule has 0 unspecified atom stereocenters. The SMILES string of the molecule is O=CCc1ccc2c(c1)oc(=O)n2CC=Cc1ccc(-c2ccccc2)c(NC(=O)O)c1. The maximum absolute atomic E-state index is 12.2. The Morgan fingerprint density at radius 2 is 1.88 bits per heavy atom. The van der Waals surface area contributed by atoms with Crippen molar-refractivity contribution in [3.8, 4) is 11.1 Å². The van der Waals surface area contributed by atoms with Crippen molar-refractivity contribution in [1.29, 1.82) is 0 Å². The lowest BCUT2D eigenvalue weighted by molar-refractivity contribution is -0.107. The molecule has 7 heteroatoms. The molecule has 0 radical (unpaired) electrons. The van der Waals surface area contributed by atoms with Gasteiger partial charge in [0.15, 0.2) is 5.58 Å². The third-order valence-corrected chi connectivity index (χ3v) is 5.02. The molecule has 32 heavy (non-hydrogen) atoms. The maximum atomic E-state index is 12.2. The Hall–Kier alpha value is -4.39. The average molecular weight is 428 g/mol.